The minimum atomic E-state index is -0.0446. The highest BCUT2D eigenvalue weighted by molar-refractivity contribution is 6.30. The summed E-state index contributed by atoms with van der Waals surface area (Å²) in [6, 6.07) is 11.3. The summed E-state index contributed by atoms with van der Waals surface area (Å²) in [5.41, 5.74) is 0. The van der Waals surface area contributed by atoms with E-state index >= 15 is 0 Å². The molecule has 0 saturated carbocycles. The van der Waals surface area contributed by atoms with Crippen molar-refractivity contribution in [2.24, 2.45) is 0 Å². The van der Waals surface area contributed by atoms with Gasteiger partial charge in [-0.05, 0) is 49.2 Å². The Morgan fingerprint density at radius 1 is 1.09 bits per heavy atom. The van der Waals surface area contributed by atoms with Crippen molar-refractivity contribution in [2.75, 3.05) is 13.1 Å². The van der Waals surface area contributed by atoms with Crippen molar-refractivity contribution in [3.8, 4) is 5.75 Å². The van der Waals surface area contributed by atoms with E-state index in [4.69, 9.17) is 25.9 Å². The highest BCUT2D eigenvalue weighted by Crippen LogP contribution is 2.22. The van der Waals surface area contributed by atoms with Crippen LogP contribution in [0.5, 0.6) is 5.75 Å². The Morgan fingerprint density at radius 2 is 1.77 bits per heavy atom. The van der Waals surface area contributed by atoms with Gasteiger partial charge in [0.2, 0.25) is 0 Å². The highest BCUT2D eigenvalue weighted by Gasteiger charge is 2.21. The van der Waals surface area contributed by atoms with Crippen molar-refractivity contribution in [1.29, 1.82) is 0 Å². The van der Waals surface area contributed by atoms with E-state index in [0.717, 1.165) is 49.0 Å². The minimum Gasteiger partial charge on any atom is -0.490 e. The number of hydrogen-bond donors (Lipinski definition) is 1. The van der Waals surface area contributed by atoms with Gasteiger partial charge in [-0.25, -0.2) is 0 Å². The third kappa shape index (κ3) is 4.03. The second-order valence-corrected chi connectivity index (χ2v) is 6.01. The maximum Gasteiger partial charge on any atom is 0.129 e. The summed E-state index contributed by atoms with van der Waals surface area (Å²) in [5, 5.41) is 9.74. The molecule has 0 atom stereocenters. The van der Waals surface area contributed by atoms with E-state index in [-0.39, 0.29) is 12.7 Å². The van der Waals surface area contributed by atoms with Crippen molar-refractivity contribution >= 4 is 11.6 Å². The lowest BCUT2D eigenvalue weighted by atomic mass is 10.1. The normalized spacial score (nSPS) is 16.8. The molecule has 0 bridgehead atoms. The number of aliphatic hydroxyl groups excluding tert-OH is 1. The van der Waals surface area contributed by atoms with Crippen LogP contribution < -0.4 is 4.74 Å². The Bertz CT molecular complexity index is 588. The topological polar surface area (TPSA) is 45.8 Å². The van der Waals surface area contributed by atoms with Gasteiger partial charge in [0.15, 0.2) is 0 Å². The van der Waals surface area contributed by atoms with Gasteiger partial charge in [0.25, 0.3) is 0 Å². The molecule has 2 heterocycles. The molecule has 2 aromatic rings. The lowest BCUT2D eigenvalue weighted by molar-refractivity contribution is 0.0921. The summed E-state index contributed by atoms with van der Waals surface area (Å²) in [7, 11) is 0. The molecular formula is C17H20ClNO3. The molecule has 1 fully saturated rings. The van der Waals surface area contributed by atoms with Crippen LogP contribution in [0.1, 0.15) is 24.4 Å². The maximum absolute atomic E-state index is 9.02. The van der Waals surface area contributed by atoms with Crippen LogP contribution in [0.15, 0.2) is 40.8 Å². The molecule has 0 amide bonds. The predicted molar refractivity (Wildman–Crippen MR) is 85.0 cm³/mol. The maximum atomic E-state index is 9.02. The van der Waals surface area contributed by atoms with Crippen LogP contribution >= 0.6 is 11.6 Å². The molecule has 22 heavy (non-hydrogen) atoms. The molecule has 0 aliphatic carbocycles. The zero-order valence-corrected chi connectivity index (χ0v) is 13.1. The summed E-state index contributed by atoms with van der Waals surface area (Å²) in [4.78, 5) is 2.35. The number of ether oxygens (including phenoxy) is 1. The largest absolute Gasteiger partial charge is 0.490 e. The second-order valence-electron chi connectivity index (χ2n) is 5.57. The standard InChI is InChI=1S/C17H20ClNO3/c18-13-1-3-14(4-2-13)21-15-7-9-19(10-8-15)11-16-5-6-17(12-20)22-16/h1-6,15,20H,7-12H2. The average Bonchev–Trinajstić information content (AvgIpc) is 2.99. The number of halogens is 1. The van der Waals surface area contributed by atoms with Crippen LogP contribution in [0.2, 0.25) is 5.02 Å². The monoisotopic (exact) mass is 321 g/mol. The Kier molecular flexibility index (Phi) is 5.03. The fraction of sp³-hybridized carbons (Fsp3) is 0.412. The lowest BCUT2D eigenvalue weighted by Gasteiger charge is -2.31. The molecule has 1 aliphatic rings. The number of likely N-dealkylation sites (tertiary alicyclic amines) is 1. The van der Waals surface area contributed by atoms with Gasteiger partial charge in [-0.2, -0.15) is 0 Å². The first-order valence-electron chi connectivity index (χ1n) is 7.56. The average molecular weight is 322 g/mol. The molecule has 1 aromatic heterocycles. The number of benzene rings is 1. The summed E-state index contributed by atoms with van der Waals surface area (Å²) in [6.07, 6.45) is 2.24. The summed E-state index contributed by atoms with van der Waals surface area (Å²) in [5.74, 6) is 2.40. The van der Waals surface area contributed by atoms with E-state index < -0.39 is 0 Å². The molecule has 1 aliphatic heterocycles. The molecule has 3 rings (SSSR count). The number of furan rings is 1. The van der Waals surface area contributed by atoms with Gasteiger partial charge < -0.3 is 14.3 Å². The van der Waals surface area contributed by atoms with E-state index in [0.29, 0.717) is 5.76 Å². The minimum absolute atomic E-state index is 0.0446. The van der Waals surface area contributed by atoms with Crippen LogP contribution in [0.25, 0.3) is 0 Å². The van der Waals surface area contributed by atoms with E-state index in [9.17, 15) is 0 Å². The molecule has 5 heteroatoms. The van der Waals surface area contributed by atoms with Crippen molar-refractivity contribution in [3.63, 3.8) is 0 Å². The molecule has 0 spiro atoms. The van der Waals surface area contributed by atoms with Crippen molar-refractivity contribution < 1.29 is 14.3 Å². The summed E-state index contributed by atoms with van der Waals surface area (Å²) < 4.78 is 11.5. The summed E-state index contributed by atoms with van der Waals surface area (Å²) >= 11 is 5.88. The van der Waals surface area contributed by atoms with E-state index in [1.807, 2.05) is 36.4 Å². The number of nitrogens with zero attached hydrogens (tertiary/aromatic N) is 1. The molecule has 0 radical (unpaired) electrons. The van der Waals surface area contributed by atoms with Gasteiger partial charge in [0, 0.05) is 18.1 Å². The van der Waals surface area contributed by atoms with Crippen LogP contribution in [0, 0.1) is 0 Å². The van der Waals surface area contributed by atoms with E-state index in [1.54, 1.807) is 0 Å². The number of aliphatic hydroxyl groups is 1. The van der Waals surface area contributed by atoms with E-state index in [1.165, 1.54) is 0 Å². The third-order valence-corrected chi connectivity index (χ3v) is 4.16. The molecule has 1 saturated heterocycles. The predicted octanol–water partition coefficient (Wildman–Crippen LogP) is 3.47. The highest BCUT2D eigenvalue weighted by atomic mass is 35.5. The van der Waals surface area contributed by atoms with Crippen LogP contribution in [0.4, 0.5) is 0 Å². The van der Waals surface area contributed by atoms with Gasteiger partial charge in [-0.1, -0.05) is 11.6 Å². The first kappa shape index (κ1) is 15.4. The third-order valence-electron chi connectivity index (χ3n) is 3.90. The zero-order valence-electron chi connectivity index (χ0n) is 12.4. The van der Waals surface area contributed by atoms with E-state index in [2.05, 4.69) is 4.90 Å². The van der Waals surface area contributed by atoms with Gasteiger partial charge in [-0.15, -0.1) is 0 Å². The summed E-state index contributed by atoms with van der Waals surface area (Å²) in [6.45, 7) is 2.70. The fourth-order valence-corrected chi connectivity index (χ4v) is 2.83. The Balaban J connectivity index is 1.46. The molecule has 1 N–H and O–H groups in total. The smallest absolute Gasteiger partial charge is 0.129 e. The second kappa shape index (κ2) is 7.18. The lowest BCUT2D eigenvalue weighted by Crippen LogP contribution is -2.37. The van der Waals surface area contributed by atoms with Gasteiger partial charge in [0.05, 0.1) is 6.54 Å². The Morgan fingerprint density at radius 3 is 2.41 bits per heavy atom. The quantitative estimate of drug-likeness (QED) is 0.916. The number of piperidine rings is 1. The molecule has 0 unspecified atom stereocenters. The molecule has 4 nitrogen and oxygen atoms in total. The fourth-order valence-electron chi connectivity index (χ4n) is 2.70. The van der Waals surface area contributed by atoms with Crippen molar-refractivity contribution in [2.45, 2.75) is 32.1 Å². The zero-order chi connectivity index (χ0) is 15.4. The van der Waals surface area contributed by atoms with Crippen molar-refractivity contribution in [3.05, 3.63) is 52.9 Å². The Hall–Kier alpha value is -1.49. The number of hydrogen-bond acceptors (Lipinski definition) is 4. The first-order valence-corrected chi connectivity index (χ1v) is 7.94. The first-order chi connectivity index (χ1) is 10.7. The number of rotatable bonds is 5. The van der Waals surface area contributed by atoms with Crippen molar-refractivity contribution in [1.82, 2.24) is 4.90 Å². The molecular weight excluding hydrogens is 302 g/mol. The van der Waals surface area contributed by atoms with Crippen LogP contribution in [-0.4, -0.2) is 29.2 Å². The van der Waals surface area contributed by atoms with Crippen LogP contribution in [0.3, 0.4) is 0 Å². The van der Waals surface area contributed by atoms with Crippen LogP contribution in [-0.2, 0) is 13.2 Å². The van der Waals surface area contributed by atoms with Gasteiger partial charge in [-0.3, -0.25) is 4.90 Å². The van der Waals surface area contributed by atoms with Gasteiger partial charge in [0.1, 0.15) is 30.0 Å². The SMILES string of the molecule is OCc1ccc(CN2CCC(Oc3ccc(Cl)cc3)CC2)o1. The Labute approximate surface area is 135 Å². The van der Waals surface area contributed by atoms with Gasteiger partial charge >= 0.3 is 0 Å². The molecule has 1 aromatic carbocycles. The molecule has 118 valence electrons.